The number of nitrogens with zero attached hydrogens (tertiary/aromatic N) is 3. The summed E-state index contributed by atoms with van der Waals surface area (Å²) in [5.41, 5.74) is 6.30. The molecule has 2 heterocycles. The maximum absolute atomic E-state index is 11.7. The molecule has 0 bridgehead atoms. The molecule has 0 spiro atoms. The van der Waals surface area contributed by atoms with Crippen LogP contribution in [0.15, 0.2) is 35.5 Å². The maximum Gasteiger partial charge on any atom is 0.251 e. The topological polar surface area (TPSA) is 94.9 Å². The Bertz CT molecular complexity index is 628. The number of nitrogens with one attached hydrogen (secondary N) is 1. The molecule has 0 saturated carbocycles. The lowest BCUT2D eigenvalue weighted by Gasteiger charge is -2.06. The van der Waals surface area contributed by atoms with Gasteiger partial charge in [-0.25, -0.2) is 0 Å². The second-order valence-corrected chi connectivity index (χ2v) is 3.88. The van der Waals surface area contributed by atoms with Crippen LogP contribution in [0.3, 0.4) is 0 Å². The van der Waals surface area contributed by atoms with Crippen molar-refractivity contribution >= 4 is 17.3 Å². The third-order valence-corrected chi connectivity index (χ3v) is 2.31. The summed E-state index contributed by atoms with van der Waals surface area (Å²) in [6.07, 6.45) is 4.63. The fraction of sp³-hybridized carbons (Fsp3) is 0.182. The first-order valence-corrected chi connectivity index (χ1v) is 5.29. The summed E-state index contributed by atoms with van der Waals surface area (Å²) < 4.78 is 2.82. The molecule has 0 unspecified atom stereocenters. The lowest BCUT2D eigenvalue weighted by atomic mass is 10.4. The summed E-state index contributed by atoms with van der Waals surface area (Å²) in [6.45, 7) is -0.0846. The van der Waals surface area contributed by atoms with E-state index >= 15 is 0 Å². The number of hydrogen-bond donors (Lipinski definition) is 2. The van der Waals surface area contributed by atoms with E-state index in [9.17, 15) is 9.59 Å². The second-order valence-electron chi connectivity index (χ2n) is 3.88. The van der Waals surface area contributed by atoms with Crippen LogP contribution in [-0.4, -0.2) is 20.3 Å². The molecule has 0 atom stereocenters. The Morgan fingerprint density at radius 3 is 2.89 bits per heavy atom. The number of hydrogen-bond acceptors (Lipinski definition) is 4. The van der Waals surface area contributed by atoms with Gasteiger partial charge in [-0.15, -0.1) is 0 Å². The van der Waals surface area contributed by atoms with E-state index in [2.05, 4.69) is 10.4 Å². The molecule has 2 rings (SSSR count). The highest BCUT2D eigenvalue weighted by Crippen LogP contribution is 2.03. The second kappa shape index (κ2) is 4.74. The lowest BCUT2D eigenvalue weighted by molar-refractivity contribution is -0.116. The van der Waals surface area contributed by atoms with Crippen molar-refractivity contribution in [1.82, 2.24) is 14.3 Å². The number of aromatic nitrogens is 3. The van der Waals surface area contributed by atoms with Crippen LogP contribution < -0.4 is 16.6 Å². The number of carbonyl (C=O) groups is 1. The van der Waals surface area contributed by atoms with Crippen molar-refractivity contribution in [1.29, 1.82) is 0 Å². The number of anilines is 2. The molecule has 0 aromatic carbocycles. The Hall–Kier alpha value is -2.57. The summed E-state index contributed by atoms with van der Waals surface area (Å²) in [4.78, 5) is 23.2. The molecule has 7 nitrogen and oxygen atoms in total. The van der Waals surface area contributed by atoms with Gasteiger partial charge < -0.3 is 15.6 Å². The van der Waals surface area contributed by atoms with Crippen LogP contribution in [0.2, 0.25) is 0 Å². The first-order valence-electron chi connectivity index (χ1n) is 5.29. The van der Waals surface area contributed by atoms with Crippen molar-refractivity contribution in [3.05, 3.63) is 41.1 Å². The average molecular weight is 247 g/mol. The van der Waals surface area contributed by atoms with E-state index in [1.54, 1.807) is 17.9 Å². The van der Waals surface area contributed by atoms with E-state index in [4.69, 9.17) is 5.73 Å². The van der Waals surface area contributed by atoms with Gasteiger partial charge in [0.15, 0.2) is 0 Å². The van der Waals surface area contributed by atoms with Crippen LogP contribution in [-0.2, 0) is 18.4 Å². The number of nitrogens with two attached hydrogens (primary N) is 1. The number of aryl methyl sites for hydroxylation is 1. The lowest BCUT2D eigenvalue weighted by Crippen LogP contribution is -2.26. The molecule has 0 aliphatic carbocycles. The average Bonchev–Trinajstić information content (AvgIpc) is 2.69. The minimum atomic E-state index is -0.310. The van der Waals surface area contributed by atoms with Gasteiger partial charge in [0.1, 0.15) is 6.54 Å². The van der Waals surface area contributed by atoms with Gasteiger partial charge in [0.2, 0.25) is 5.91 Å². The van der Waals surface area contributed by atoms with E-state index in [0.29, 0.717) is 11.4 Å². The highest BCUT2D eigenvalue weighted by molar-refractivity contribution is 5.90. The van der Waals surface area contributed by atoms with Gasteiger partial charge in [-0.1, -0.05) is 0 Å². The molecule has 0 aliphatic heterocycles. The third kappa shape index (κ3) is 2.76. The Labute approximate surface area is 103 Å². The number of amides is 1. The molecule has 2 aromatic rings. The molecule has 94 valence electrons. The normalized spacial score (nSPS) is 10.3. The largest absolute Gasteiger partial charge is 0.398 e. The zero-order chi connectivity index (χ0) is 13.1. The summed E-state index contributed by atoms with van der Waals surface area (Å²) in [7, 11) is 1.75. The molecule has 1 amide bonds. The van der Waals surface area contributed by atoms with E-state index in [-0.39, 0.29) is 18.0 Å². The van der Waals surface area contributed by atoms with Crippen molar-refractivity contribution in [2.75, 3.05) is 11.1 Å². The molecule has 18 heavy (non-hydrogen) atoms. The molecule has 0 radical (unpaired) electrons. The Balaban J connectivity index is 2.07. The van der Waals surface area contributed by atoms with Crippen LogP contribution in [0, 0.1) is 0 Å². The van der Waals surface area contributed by atoms with Gasteiger partial charge in [-0.3, -0.25) is 14.3 Å². The predicted molar refractivity (Wildman–Crippen MR) is 67.0 cm³/mol. The Kier molecular flexibility index (Phi) is 3.13. The van der Waals surface area contributed by atoms with E-state index in [1.807, 2.05) is 0 Å². The summed E-state index contributed by atoms with van der Waals surface area (Å²) in [6, 6.07) is 2.82. The van der Waals surface area contributed by atoms with Crippen molar-refractivity contribution in [3.63, 3.8) is 0 Å². The standard InChI is InChI=1S/C11H13N5O2/c1-15-6-9(4-13-15)14-10(17)7-16-5-8(12)2-3-11(16)18/h2-6H,7,12H2,1H3,(H,14,17). The highest BCUT2D eigenvalue weighted by atomic mass is 16.2. The molecular weight excluding hydrogens is 234 g/mol. The number of nitrogen functional groups attached to an aromatic ring is 1. The fourth-order valence-electron chi connectivity index (χ4n) is 1.51. The highest BCUT2D eigenvalue weighted by Gasteiger charge is 2.06. The number of pyridine rings is 1. The number of rotatable bonds is 3. The van der Waals surface area contributed by atoms with Gasteiger partial charge in [-0.05, 0) is 6.07 Å². The molecule has 2 aromatic heterocycles. The van der Waals surface area contributed by atoms with Crippen molar-refractivity contribution in [2.24, 2.45) is 7.05 Å². The summed E-state index contributed by atoms with van der Waals surface area (Å²) in [5, 5.41) is 6.56. The summed E-state index contributed by atoms with van der Waals surface area (Å²) in [5.74, 6) is -0.310. The van der Waals surface area contributed by atoms with Gasteiger partial charge in [0.25, 0.3) is 5.56 Å². The minimum Gasteiger partial charge on any atom is -0.398 e. The van der Waals surface area contributed by atoms with Gasteiger partial charge in [-0.2, -0.15) is 5.10 Å². The number of carbonyl (C=O) groups excluding carboxylic acids is 1. The molecule has 7 heteroatoms. The molecule has 0 fully saturated rings. The molecule has 3 N–H and O–H groups in total. The maximum atomic E-state index is 11.7. The van der Waals surface area contributed by atoms with E-state index in [0.717, 1.165) is 0 Å². The van der Waals surface area contributed by atoms with Gasteiger partial charge >= 0.3 is 0 Å². The molecule has 0 saturated heterocycles. The van der Waals surface area contributed by atoms with E-state index in [1.165, 1.54) is 29.1 Å². The van der Waals surface area contributed by atoms with Crippen molar-refractivity contribution in [3.8, 4) is 0 Å². The van der Waals surface area contributed by atoms with Crippen molar-refractivity contribution in [2.45, 2.75) is 6.54 Å². The smallest absolute Gasteiger partial charge is 0.251 e. The Morgan fingerprint density at radius 1 is 1.44 bits per heavy atom. The van der Waals surface area contributed by atoms with Crippen LogP contribution >= 0.6 is 0 Å². The van der Waals surface area contributed by atoms with Gasteiger partial charge in [0.05, 0.1) is 11.9 Å². The van der Waals surface area contributed by atoms with Crippen LogP contribution in [0.25, 0.3) is 0 Å². The molecule has 0 aliphatic rings. The quantitative estimate of drug-likeness (QED) is 0.785. The Morgan fingerprint density at radius 2 is 2.22 bits per heavy atom. The van der Waals surface area contributed by atoms with Crippen molar-refractivity contribution < 1.29 is 4.79 Å². The first kappa shape index (κ1) is 11.9. The minimum absolute atomic E-state index is 0.0846. The fourth-order valence-corrected chi connectivity index (χ4v) is 1.51. The first-order chi connectivity index (χ1) is 8.54. The zero-order valence-electron chi connectivity index (χ0n) is 9.83. The predicted octanol–water partition coefficient (Wildman–Crippen LogP) is -0.197. The molecular formula is C11H13N5O2. The summed E-state index contributed by atoms with van der Waals surface area (Å²) >= 11 is 0. The zero-order valence-corrected chi connectivity index (χ0v) is 9.83. The SMILES string of the molecule is Cn1cc(NC(=O)Cn2cc(N)ccc2=O)cn1. The van der Waals surface area contributed by atoms with Gasteiger partial charge in [0, 0.05) is 31.2 Å². The van der Waals surface area contributed by atoms with E-state index < -0.39 is 0 Å². The van der Waals surface area contributed by atoms with Crippen LogP contribution in [0.4, 0.5) is 11.4 Å². The van der Waals surface area contributed by atoms with Crippen LogP contribution in [0.5, 0.6) is 0 Å². The third-order valence-electron chi connectivity index (χ3n) is 2.31. The monoisotopic (exact) mass is 247 g/mol. The van der Waals surface area contributed by atoms with Crippen LogP contribution in [0.1, 0.15) is 0 Å².